The van der Waals surface area contributed by atoms with Crippen LogP contribution in [0.4, 0.5) is 0 Å². The topological polar surface area (TPSA) is 61.8 Å². The van der Waals surface area contributed by atoms with Crippen molar-refractivity contribution >= 4 is 11.6 Å². The lowest BCUT2D eigenvalue weighted by atomic mass is 9.83. The monoisotopic (exact) mass is 416 g/mol. The van der Waals surface area contributed by atoms with Gasteiger partial charge in [-0.1, -0.05) is 57.2 Å². The van der Waals surface area contributed by atoms with Crippen LogP contribution in [0, 0.1) is 0 Å². The maximum Gasteiger partial charge on any atom is 0.198 e. The fraction of sp³-hybridized carbons (Fsp3) is 0.231. The Labute approximate surface area is 181 Å². The molecule has 158 valence electrons. The highest BCUT2D eigenvalue weighted by Gasteiger charge is 2.37. The van der Waals surface area contributed by atoms with Gasteiger partial charge in [-0.25, -0.2) is 0 Å². The Morgan fingerprint density at radius 1 is 0.710 bits per heavy atom. The first-order valence-corrected chi connectivity index (χ1v) is 10.0. The van der Waals surface area contributed by atoms with Gasteiger partial charge in [-0.15, -0.1) is 0 Å². The van der Waals surface area contributed by atoms with Crippen molar-refractivity contribution in [2.75, 3.05) is 14.2 Å². The van der Waals surface area contributed by atoms with Crippen molar-refractivity contribution in [1.82, 2.24) is 0 Å². The number of ketones is 2. The Balaban J connectivity index is 1.89. The summed E-state index contributed by atoms with van der Waals surface area (Å²) in [6.07, 6.45) is 0. The molecule has 0 aliphatic heterocycles. The molecule has 0 unspecified atom stereocenters. The first kappa shape index (κ1) is 20.7. The van der Waals surface area contributed by atoms with Crippen LogP contribution in [0.15, 0.2) is 54.6 Å². The van der Waals surface area contributed by atoms with Gasteiger partial charge in [0.1, 0.15) is 11.5 Å². The van der Waals surface area contributed by atoms with Gasteiger partial charge >= 0.3 is 0 Å². The smallest absolute Gasteiger partial charge is 0.198 e. The lowest BCUT2D eigenvalue weighted by molar-refractivity contribution is 0.0974. The third-order valence-corrected chi connectivity index (χ3v) is 5.46. The van der Waals surface area contributed by atoms with Crippen molar-refractivity contribution in [3.05, 3.63) is 82.4 Å². The van der Waals surface area contributed by atoms with E-state index in [1.54, 1.807) is 30.3 Å². The molecule has 0 aromatic heterocycles. The molecule has 5 nitrogen and oxygen atoms in total. The van der Waals surface area contributed by atoms with Gasteiger partial charge in [0.15, 0.2) is 23.1 Å². The van der Waals surface area contributed by atoms with E-state index in [0.29, 0.717) is 22.6 Å². The summed E-state index contributed by atoms with van der Waals surface area (Å²) in [4.78, 5) is 26.7. The quantitative estimate of drug-likeness (QED) is 0.435. The zero-order valence-electron chi connectivity index (χ0n) is 18.2. The molecule has 0 spiro atoms. The van der Waals surface area contributed by atoms with Crippen molar-refractivity contribution < 1.29 is 23.8 Å². The molecule has 3 aromatic carbocycles. The summed E-state index contributed by atoms with van der Waals surface area (Å²) in [6, 6.07) is 16.0. The SMILES string of the molecule is COc1cc(OC)c2c(c1Oc1ccc(C(C)(C)C)cc1)C(=O)c1ccccc1C2=O. The lowest BCUT2D eigenvalue weighted by Gasteiger charge is -2.24. The molecule has 5 heteroatoms. The minimum Gasteiger partial charge on any atom is -0.496 e. The van der Waals surface area contributed by atoms with E-state index in [1.165, 1.54) is 14.2 Å². The van der Waals surface area contributed by atoms with Crippen molar-refractivity contribution in [2.45, 2.75) is 26.2 Å². The average molecular weight is 416 g/mol. The average Bonchev–Trinajstić information content (AvgIpc) is 2.76. The van der Waals surface area contributed by atoms with Gasteiger partial charge in [-0.2, -0.15) is 0 Å². The fourth-order valence-electron chi connectivity index (χ4n) is 3.76. The first-order valence-electron chi connectivity index (χ1n) is 10.0. The van der Waals surface area contributed by atoms with Crippen molar-refractivity contribution in [1.29, 1.82) is 0 Å². The maximum atomic E-state index is 13.4. The van der Waals surface area contributed by atoms with E-state index < -0.39 is 0 Å². The molecular weight excluding hydrogens is 392 g/mol. The molecule has 0 saturated heterocycles. The first-order chi connectivity index (χ1) is 14.8. The second-order valence-corrected chi connectivity index (χ2v) is 8.44. The van der Waals surface area contributed by atoms with E-state index in [0.717, 1.165) is 5.56 Å². The van der Waals surface area contributed by atoms with Crippen LogP contribution < -0.4 is 14.2 Å². The normalized spacial score (nSPS) is 12.8. The van der Waals surface area contributed by atoms with Crippen LogP contribution in [0.5, 0.6) is 23.0 Å². The van der Waals surface area contributed by atoms with Gasteiger partial charge in [0.2, 0.25) is 0 Å². The summed E-state index contributed by atoms with van der Waals surface area (Å²) in [7, 11) is 2.94. The molecule has 0 saturated carbocycles. The number of benzene rings is 3. The largest absolute Gasteiger partial charge is 0.496 e. The van der Waals surface area contributed by atoms with Gasteiger partial charge < -0.3 is 14.2 Å². The van der Waals surface area contributed by atoms with Crippen LogP contribution >= 0.6 is 0 Å². The summed E-state index contributed by atoms with van der Waals surface area (Å²) in [5.74, 6) is 0.750. The minimum atomic E-state index is -0.302. The molecule has 1 aliphatic rings. The summed E-state index contributed by atoms with van der Waals surface area (Å²) >= 11 is 0. The predicted octanol–water partition coefficient (Wildman–Crippen LogP) is 5.57. The molecule has 0 heterocycles. The number of hydrogen-bond donors (Lipinski definition) is 0. The Bertz CT molecular complexity index is 1180. The van der Waals surface area contributed by atoms with Crippen LogP contribution in [-0.4, -0.2) is 25.8 Å². The molecular formula is C26H24O5. The summed E-state index contributed by atoms with van der Waals surface area (Å²) in [5, 5.41) is 0. The number of fused-ring (bicyclic) bond motifs is 2. The summed E-state index contributed by atoms with van der Waals surface area (Å²) in [6.45, 7) is 6.40. The van der Waals surface area contributed by atoms with Crippen molar-refractivity contribution in [3.8, 4) is 23.0 Å². The Hall–Kier alpha value is -3.60. The highest BCUT2D eigenvalue weighted by Crippen LogP contribution is 2.46. The molecule has 0 atom stereocenters. The van der Waals surface area contributed by atoms with Gasteiger partial charge in [0, 0.05) is 17.2 Å². The minimum absolute atomic E-state index is 0.00158. The highest BCUT2D eigenvalue weighted by molar-refractivity contribution is 6.30. The molecule has 1 aliphatic carbocycles. The van der Waals surface area contributed by atoms with Gasteiger partial charge in [-0.3, -0.25) is 9.59 Å². The van der Waals surface area contributed by atoms with Crippen molar-refractivity contribution in [2.24, 2.45) is 0 Å². The number of carbonyl (C=O) groups is 2. The zero-order chi connectivity index (χ0) is 22.3. The Morgan fingerprint density at radius 3 is 1.77 bits per heavy atom. The second-order valence-electron chi connectivity index (χ2n) is 8.44. The third-order valence-electron chi connectivity index (χ3n) is 5.46. The van der Waals surface area contributed by atoms with Crippen LogP contribution in [0.3, 0.4) is 0 Å². The summed E-state index contributed by atoms with van der Waals surface area (Å²) in [5.41, 5.74) is 2.19. The number of ether oxygens (including phenoxy) is 3. The van der Waals surface area contributed by atoms with E-state index in [1.807, 2.05) is 24.3 Å². The standard InChI is InChI=1S/C26H24O5/c1-26(2,3)15-10-12-16(13-11-15)31-25-20(30-5)14-19(29-4)21-22(25)24(28)18-9-7-6-8-17(18)23(21)27/h6-14H,1-5H3. The number of hydrogen-bond acceptors (Lipinski definition) is 5. The Kier molecular flexibility index (Phi) is 5.05. The number of carbonyl (C=O) groups excluding carboxylic acids is 2. The molecule has 0 N–H and O–H groups in total. The maximum absolute atomic E-state index is 13.4. The van der Waals surface area contributed by atoms with Gasteiger partial charge in [-0.05, 0) is 23.1 Å². The molecule has 31 heavy (non-hydrogen) atoms. The van der Waals surface area contributed by atoms with Gasteiger partial charge in [0.05, 0.1) is 25.3 Å². The number of methoxy groups -OCH3 is 2. The fourth-order valence-corrected chi connectivity index (χ4v) is 3.76. The van der Waals surface area contributed by atoms with Crippen LogP contribution in [0.25, 0.3) is 0 Å². The van der Waals surface area contributed by atoms with Crippen molar-refractivity contribution in [3.63, 3.8) is 0 Å². The van der Waals surface area contributed by atoms with E-state index in [9.17, 15) is 9.59 Å². The second kappa shape index (κ2) is 7.58. The van der Waals surface area contributed by atoms with Crippen LogP contribution in [-0.2, 0) is 5.41 Å². The van der Waals surface area contributed by atoms with Crippen LogP contribution in [0.1, 0.15) is 58.2 Å². The molecule has 4 rings (SSSR count). The van der Waals surface area contributed by atoms with E-state index in [4.69, 9.17) is 14.2 Å². The number of rotatable bonds is 4. The Morgan fingerprint density at radius 2 is 1.26 bits per heavy atom. The zero-order valence-corrected chi connectivity index (χ0v) is 18.2. The molecule has 3 aromatic rings. The highest BCUT2D eigenvalue weighted by atomic mass is 16.5. The van der Waals surface area contributed by atoms with Gasteiger partial charge in [0.25, 0.3) is 0 Å². The lowest BCUT2D eigenvalue weighted by Crippen LogP contribution is -2.22. The molecule has 0 amide bonds. The van der Waals surface area contributed by atoms with E-state index in [2.05, 4.69) is 20.8 Å². The molecule has 0 radical (unpaired) electrons. The van der Waals surface area contributed by atoms with Crippen LogP contribution in [0.2, 0.25) is 0 Å². The molecule has 0 fully saturated rings. The molecule has 0 bridgehead atoms. The predicted molar refractivity (Wildman–Crippen MR) is 118 cm³/mol. The third kappa shape index (κ3) is 3.46. The van der Waals surface area contributed by atoms with E-state index >= 15 is 0 Å². The summed E-state index contributed by atoms with van der Waals surface area (Å²) < 4.78 is 17.1. The van der Waals surface area contributed by atoms with E-state index in [-0.39, 0.29) is 39.6 Å².